The van der Waals surface area contributed by atoms with Crippen LogP contribution in [0.25, 0.3) is 0 Å². The lowest BCUT2D eigenvalue weighted by Gasteiger charge is -2.36. The van der Waals surface area contributed by atoms with Crippen molar-refractivity contribution < 1.29 is 9.59 Å². The Kier molecular flexibility index (Phi) is 5.40. The molecule has 1 aliphatic carbocycles. The Labute approximate surface area is 171 Å². The number of hydrogen-bond donors (Lipinski definition) is 0. The molecule has 1 unspecified atom stereocenters. The van der Waals surface area contributed by atoms with Crippen molar-refractivity contribution in [3.05, 3.63) is 70.2 Å². The maximum Gasteiger partial charge on any atom is 0.253 e. The predicted octanol–water partition coefficient (Wildman–Crippen LogP) is 4.13. The standard InChI is InChI=1S/C23H25ClN2O2/c1-16-3-2-4-19(15-16)22(27)25-11-13-26(14-12-25)23(28)21(17-5-6-17)18-7-9-20(24)10-8-18/h2-4,7-10,15,17,21H,5-6,11-14H2,1H3. The van der Waals surface area contributed by atoms with E-state index in [0.29, 0.717) is 37.1 Å². The monoisotopic (exact) mass is 396 g/mol. The van der Waals surface area contributed by atoms with Crippen LogP contribution in [0, 0.1) is 12.8 Å². The number of hydrogen-bond acceptors (Lipinski definition) is 2. The summed E-state index contributed by atoms with van der Waals surface area (Å²) in [5, 5.41) is 0.689. The number of nitrogens with zero attached hydrogens (tertiary/aromatic N) is 2. The lowest BCUT2D eigenvalue weighted by Crippen LogP contribution is -2.51. The van der Waals surface area contributed by atoms with E-state index in [1.54, 1.807) is 0 Å². The summed E-state index contributed by atoms with van der Waals surface area (Å²) in [5.41, 5.74) is 2.85. The molecule has 0 radical (unpaired) electrons. The summed E-state index contributed by atoms with van der Waals surface area (Å²) in [6.07, 6.45) is 2.20. The molecule has 4 rings (SSSR count). The molecule has 2 aliphatic rings. The number of amides is 2. The molecule has 146 valence electrons. The summed E-state index contributed by atoms with van der Waals surface area (Å²) in [4.78, 5) is 29.8. The Morgan fingerprint density at radius 1 is 0.964 bits per heavy atom. The van der Waals surface area contributed by atoms with E-state index in [1.807, 2.05) is 65.3 Å². The van der Waals surface area contributed by atoms with Crippen LogP contribution in [0.15, 0.2) is 48.5 Å². The van der Waals surface area contributed by atoms with Gasteiger partial charge < -0.3 is 9.80 Å². The first-order chi connectivity index (χ1) is 13.5. The molecule has 4 nitrogen and oxygen atoms in total. The summed E-state index contributed by atoms with van der Waals surface area (Å²) < 4.78 is 0. The molecule has 2 aromatic rings. The second-order valence-corrected chi connectivity index (χ2v) is 8.29. The Morgan fingerprint density at radius 2 is 1.61 bits per heavy atom. The molecule has 1 aliphatic heterocycles. The van der Waals surface area contributed by atoms with E-state index in [9.17, 15) is 9.59 Å². The summed E-state index contributed by atoms with van der Waals surface area (Å²) in [6.45, 7) is 4.33. The van der Waals surface area contributed by atoms with Gasteiger partial charge in [-0.05, 0) is 55.5 Å². The highest BCUT2D eigenvalue weighted by Crippen LogP contribution is 2.44. The molecule has 0 aromatic heterocycles. The molecular formula is C23H25ClN2O2. The molecule has 1 saturated heterocycles. The van der Waals surface area contributed by atoms with E-state index in [0.717, 1.165) is 29.5 Å². The van der Waals surface area contributed by atoms with Crippen LogP contribution in [-0.2, 0) is 4.79 Å². The van der Waals surface area contributed by atoms with E-state index >= 15 is 0 Å². The van der Waals surface area contributed by atoms with Crippen LogP contribution >= 0.6 is 11.6 Å². The van der Waals surface area contributed by atoms with Crippen molar-refractivity contribution in [1.29, 1.82) is 0 Å². The third kappa shape index (κ3) is 4.07. The Bertz CT molecular complexity index is 868. The minimum Gasteiger partial charge on any atom is -0.339 e. The van der Waals surface area contributed by atoms with Gasteiger partial charge in [0.1, 0.15) is 0 Å². The first-order valence-corrected chi connectivity index (χ1v) is 10.3. The Hall–Kier alpha value is -2.33. The van der Waals surface area contributed by atoms with Gasteiger partial charge in [0.15, 0.2) is 0 Å². The predicted molar refractivity (Wildman–Crippen MR) is 111 cm³/mol. The average Bonchev–Trinajstić information content (AvgIpc) is 3.54. The number of benzene rings is 2. The zero-order valence-corrected chi connectivity index (χ0v) is 16.9. The van der Waals surface area contributed by atoms with E-state index < -0.39 is 0 Å². The molecule has 28 heavy (non-hydrogen) atoms. The van der Waals surface area contributed by atoms with Gasteiger partial charge in [-0.15, -0.1) is 0 Å². The van der Waals surface area contributed by atoms with E-state index in [1.165, 1.54) is 0 Å². The molecule has 2 amide bonds. The molecule has 0 spiro atoms. The molecule has 0 N–H and O–H groups in total. The minimum atomic E-state index is -0.0868. The zero-order valence-electron chi connectivity index (χ0n) is 16.1. The van der Waals surface area contributed by atoms with Gasteiger partial charge in [-0.2, -0.15) is 0 Å². The van der Waals surface area contributed by atoms with Gasteiger partial charge in [0.2, 0.25) is 5.91 Å². The fourth-order valence-corrected chi connectivity index (χ4v) is 4.13. The molecule has 0 bridgehead atoms. The van der Waals surface area contributed by atoms with Crippen molar-refractivity contribution >= 4 is 23.4 Å². The van der Waals surface area contributed by atoms with Gasteiger partial charge in [0.25, 0.3) is 5.91 Å². The summed E-state index contributed by atoms with van der Waals surface area (Å²) in [7, 11) is 0. The minimum absolute atomic E-state index is 0.0484. The number of aryl methyl sites for hydroxylation is 1. The van der Waals surface area contributed by atoms with Crippen molar-refractivity contribution in [3.63, 3.8) is 0 Å². The summed E-state index contributed by atoms with van der Waals surface area (Å²) in [6, 6.07) is 15.3. The fourth-order valence-electron chi connectivity index (χ4n) is 4.00. The molecule has 1 heterocycles. The van der Waals surface area contributed by atoms with Crippen molar-refractivity contribution in [2.45, 2.75) is 25.7 Å². The molecule has 1 atom stereocenters. The largest absolute Gasteiger partial charge is 0.339 e. The van der Waals surface area contributed by atoms with Crippen molar-refractivity contribution in [2.24, 2.45) is 5.92 Å². The maximum atomic E-state index is 13.2. The zero-order chi connectivity index (χ0) is 19.7. The second-order valence-electron chi connectivity index (χ2n) is 7.85. The van der Waals surface area contributed by atoms with E-state index in [2.05, 4.69) is 0 Å². The number of piperazine rings is 1. The lowest BCUT2D eigenvalue weighted by molar-refractivity contribution is -0.134. The van der Waals surface area contributed by atoms with Crippen LogP contribution in [0.5, 0.6) is 0 Å². The number of carbonyl (C=O) groups is 2. The Morgan fingerprint density at radius 3 is 2.21 bits per heavy atom. The summed E-state index contributed by atoms with van der Waals surface area (Å²) in [5.74, 6) is 0.580. The van der Waals surface area contributed by atoms with Crippen molar-refractivity contribution in [3.8, 4) is 0 Å². The van der Waals surface area contributed by atoms with Gasteiger partial charge in [-0.25, -0.2) is 0 Å². The van der Waals surface area contributed by atoms with E-state index in [4.69, 9.17) is 11.6 Å². The van der Waals surface area contributed by atoms with Gasteiger partial charge in [0, 0.05) is 36.8 Å². The maximum absolute atomic E-state index is 13.2. The first kappa shape index (κ1) is 19.0. The average molecular weight is 397 g/mol. The third-order valence-corrected chi connectivity index (χ3v) is 5.98. The highest BCUT2D eigenvalue weighted by molar-refractivity contribution is 6.30. The second kappa shape index (κ2) is 7.96. The molecule has 2 aromatic carbocycles. The van der Waals surface area contributed by atoms with Crippen LogP contribution < -0.4 is 0 Å². The fraction of sp³-hybridized carbons (Fsp3) is 0.391. The third-order valence-electron chi connectivity index (χ3n) is 5.73. The first-order valence-electron chi connectivity index (χ1n) is 9.93. The number of rotatable bonds is 4. The molecular weight excluding hydrogens is 372 g/mol. The lowest BCUT2D eigenvalue weighted by atomic mass is 9.92. The van der Waals surface area contributed by atoms with E-state index in [-0.39, 0.29) is 17.7 Å². The molecule has 1 saturated carbocycles. The number of halogens is 1. The quantitative estimate of drug-likeness (QED) is 0.779. The summed E-state index contributed by atoms with van der Waals surface area (Å²) >= 11 is 6.01. The molecule has 2 fully saturated rings. The van der Waals surface area contributed by atoms with Gasteiger partial charge in [0.05, 0.1) is 5.92 Å². The van der Waals surface area contributed by atoms with Gasteiger partial charge in [-0.3, -0.25) is 9.59 Å². The number of carbonyl (C=O) groups excluding carboxylic acids is 2. The van der Waals surface area contributed by atoms with Gasteiger partial charge in [-0.1, -0.05) is 41.4 Å². The highest BCUT2D eigenvalue weighted by atomic mass is 35.5. The van der Waals surface area contributed by atoms with Crippen LogP contribution in [0.3, 0.4) is 0 Å². The van der Waals surface area contributed by atoms with Crippen LogP contribution in [0.4, 0.5) is 0 Å². The SMILES string of the molecule is Cc1cccc(C(=O)N2CCN(C(=O)C(c3ccc(Cl)cc3)C3CC3)CC2)c1. The van der Waals surface area contributed by atoms with Crippen LogP contribution in [-0.4, -0.2) is 47.8 Å². The smallest absolute Gasteiger partial charge is 0.253 e. The van der Waals surface area contributed by atoms with Gasteiger partial charge >= 0.3 is 0 Å². The Balaban J connectivity index is 1.41. The van der Waals surface area contributed by atoms with Crippen molar-refractivity contribution in [2.75, 3.05) is 26.2 Å². The van der Waals surface area contributed by atoms with Crippen LogP contribution in [0.1, 0.15) is 40.2 Å². The normalized spacial score (nSPS) is 18.1. The topological polar surface area (TPSA) is 40.6 Å². The molecule has 5 heteroatoms. The van der Waals surface area contributed by atoms with Crippen LogP contribution in [0.2, 0.25) is 5.02 Å². The highest BCUT2D eigenvalue weighted by Gasteiger charge is 2.40. The van der Waals surface area contributed by atoms with Crippen molar-refractivity contribution in [1.82, 2.24) is 9.80 Å².